The van der Waals surface area contributed by atoms with Crippen molar-refractivity contribution in [2.24, 2.45) is 0 Å². The molecule has 4 heteroatoms. The minimum Gasteiger partial charge on any atom is -0.280 e. The number of hydrogen-bond donors (Lipinski definition) is 1. The van der Waals surface area contributed by atoms with E-state index in [1.807, 2.05) is 25.1 Å². The fraction of sp³-hybridized carbons (Fsp3) is 0.0667. The topological polar surface area (TPSA) is 46.2 Å². The Morgan fingerprint density at radius 3 is 2.16 bits per heavy atom. The van der Waals surface area contributed by atoms with Crippen molar-refractivity contribution in [2.75, 3.05) is 0 Å². The fourth-order valence-electron chi connectivity index (χ4n) is 1.64. The Morgan fingerprint density at radius 2 is 1.58 bits per heavy atom. The molecule has 0 aliphatic rings. The van der Waals surface area contributed by atoms with E-state index < -0.39 is 10.0 Å². The summed E-state index contributed by atoms with van der Waals surface area (Å²) in [7, 11) is -3.57. The van der Waals surface area contributed by atoms with E-state index in [0.717, 1.165) is 11.1 Å². The van der Waals surface area contributed by atoms with E-state index >= 15 is 0 Å². The molecule has 0 bridgehead atoms. The minimum absolute atomic E-state index is 0.232. The molecule has 0 fully saturated rings. The molecule has 0 aliphatic carbocycles. The van der Waals surface area contributed by atoms with Crippen LogP contribution in [0.3, 0.4) is 0 Å². The molecule has 0 heterocycles. The molecule has 1 N–H and O–H groups in total. The molecule has 2 aromatic carbocycles. The van der Waals surface area contributed by atoms with Gasteiger partial charge in [0, 0.05) is 5.70 Å². The highest BCUT2D eigenvalue weighted by Crippen LogP contribution is 2.15. The van der Waals surface area contributed by atoms with Gasteiger partial charge in [0.05, 0.1) is 4.90 Å². The van der Waals surface area contributed by atoms with E-state index in [0.29, 0.717) is 5.70 Å². The second-order valence-corrected chi connectivity index (χ2v) is 5.95. The third-order valence-electron chi connectivity index (χ3n) is 2.71. The zero-order valence-corrected chi connectivity index (χ0v) is 11.4. The second kappa shape index (κ2) is 5.28. The molecule has 0 aliphatic heterocycles. The average molecular weight is 273 g/mol. The maximum Gasteiger partial charge on any atom is 0.261 e. The van der Waals surface area contributed by atoms with Gasteiger partial charge in [-0.05, 0) is 24.6 Å². The molecular weight excluding hydrogens is 258 g/mol. The summed E-state index contributed by atoms with van der Waals surface area (Å²) < 4.78 is 26.8. The molecule has 2 aromatic rings. The largest absolute Gasteiger partial charge is 0.280 e. The van der Waals surface area contributed by atoms with Gasteiger partial charge in [-0.2, -0.15) is 0 Å². The number of sulfonamides is 1. The van der Waals surface area contributed by atoms with Crippen LogP contribution >= 0.6 is 0 Å². The van der Waals surface area contributed by atoms with E-state index in [2.05, 4.69) is 11.3 Å². The van der Waals surface area contributed by atoms with Crippen LogP contribution in [0, 0.1) is 6.92 Å². The lowest BCUT2D eigenvalue weighted by atomic mass is 10.2. The van der Waals surface area contributed by atoms with Crippen molar-refractivity contribution in [3.63, 3.8) is 0 Å². The van der Waals surface area contributed by atoms with Gasteiger partial charge in [-0.15, -0.1) is 0 Å². The van der Waals surface area contributed by atoms with Crippen LogP contribution in [0.4, 0.5) is 0 Å². The first kappa shape index (κ1) is 13.4. The Labute approximate surface area is 113 Å². The van der Waals surface area contributed by atoms with Crippen molar-refractivity contribution < 1.29 is 8.42 Å². The molecule has 3 nitrogen and oxygen atoms in total. The van der Waals surface area contributed by atoms with E-state index in [1.54, 1.807) is 36.4 Å². The SMILES string of the molecule is C=C(NS(=O)(=O)c1ccc(C)cc1)c1ccccc1. The lowest BCUT2D eigenvalue weighted by Gasteiger charge is -2.10. The van der Waals surface area contributed by atoms with Gasteiger partial charge < -0.3 is 0 Å². The van der Waals surface area contributed by atoms with Crippen LogP contribution in [-0.2, 0) is 10.0 Å². The van der Waals surface area contributed by atoms with Crippen LogP contribution in [0.2, 0.25) is 0 Å². The van der Waals surface area contributed by atoms with Gasteiger partial charge in [0.25, 0.3) is 10.0 Å². The molecular formula is C15H15NO2S. The van der Waals surface area contributed by atoms with E-state index in [9.17, 15) is 8.42 Å². The maximum atomic E-state index is 12.2. The van der Waals surface area contributed by atoms with Crippen LogP contribution in [0.15, 0.2) is 66.1 Å². The van der Waals surface area contributed by atoms with Crippen molar-refractivity contribution in [1.82, 2.24) is 4.72 Å². The van der Waals surface area contributed by atoms with Crippen LogP contribution in [0.5, 0.6) is 0 Å². The summed E-state index contributed by atoms with van der Waals surface area (Å²) in [6.45, 7) is 5.67. The summed E-state index contributed by atoms with van der Waals surface area (Å²) in [5.41, 5.74) is 2.13. The molecule has 0 spiro atoms. The Morgan fingerprint density at radius 1 is 1.00 bits per heavy atom. The molecule has 0 aromatic heterocycles. The van der Waals surface area contributed by atoms with Gasteiger partial charge >= 0.3 is 0 Å². The highest BCUT2D eigenvalue weighted by atomic mass is 32.2. The van der Waals surface area contributed by atoms with Crippen molar-refractivity contribution in [3.05, 3.63) is 72.3 Å². The summed E-state index contributed by atoms with van der Waals surface area (Å²) in [5, 5.41) is 0. The molecule has 98 valence electrons. The molecule has 0 amide bonds. The Kier molecular flexibility index (Phi) is 3.71. The Hall–Kier alpha value is -2.07. The van der Waals surface area contributed by atoms with Crippen LogP contribution < -0.4 is 4.72 Å². The summed E-state index contributed by atoms with van der Waals surface area (Å²) in [6, 6.07) is 15.8. The summed E-state index contributed by atoms with van der Waals surface area (Å²) in [5.74, 6) is 0. The number of rotatable bonds is 4. The summed E-state index contributed by atoms with van der Waals surface area (Å²) in [6.07, 6.45) is 0. The number of hydrogen-bond acceptors (Lipinski definition) is 2. The van der Waals surface area contributed by atoms with Crippen molar-refractivity contribution in [2.45, 2.75) is 11.8 Å². The monoisotopic (exact) mass is 273 g/mol. The number of benzene rings is 2. The van der Waals surface area contributed by atoms with Crippen molar-refractivity contribution in [3.8, 4) is 0 Å². The van der Waals surface area contributed by atoms with E-state index in [1.165, 1.54) is 0 Å². The van der Waals surface area contributed by atoms with Crippen LogP contribution in [0.1, 0.15) is 11.1 Å². The predicted octanol–water partition coefficient (Wildman–Crippen LogP) is 2.94. The molecule has 0 unspecified atom stereocenters. The first-order chi connectivity index (χ1) is 8.99. The predicted molar refractivity (Wildman–Crippen MR) is 77.0 cm³/mol. The van der Waals surface area contributed by atoms with Gasteiger partial charge in [-0.1, -0.05) is 54.6 Å². The zero-order chi connectivity index (χ0) is 13.9. The van der Waals surface area contributed by atoms with Crippen molar-refractivity contribution >= 4 is 15.7 Å². The molecule has 0 saturated heterocycles. The first-order valence-corrected chi connectivity index (χ1v) is 7.31. The standard InChI is InChI=1S/C15H15NO2S/c1-12-8-10-15(11-9-12)19(17,18)16-13(2)14-6-4-3-5-7-14/h3-11,16H,2H2,1H3. The third kappa shape index (κ3) is 3.23. The van der Waals surface area contributed by atoms with Crippen LogP contribution in [0.25, 0.3) is 5.70 Å². The van der Waals surface area contributed by atoms with Gasteiger partial charge in [-0.25, -0.2) is 8.42 Å². The Balaban J connectivity index is 2.23. The fourth-order valence-corrected chi connectivity index (χ4v) is 2.69. The zero-order valence-electron chi connectivity index (χ0n) is 10.6. The Bertz CT molecular complexity index is 674. The highest BCUT2D eigenvalue weighted by molar-refractivity contribution is 7.89. The van der Waals surface area contributed by atoms with Crippen molar-refractivity contribution in [1.29, 1.82) is 0 Å². The normalized spacial score (nSPS) is 11.0. The van der Waals surface area contributed by atoms with Crippen LogP contribution in [-0.4, -0.2) is 8.42 Å². The lowest BCUT2D eigenvalue weighted by Crippen LogP contribution is -2.21. The van der Waals surface area contributed by atoms with Gasteiger partial charge in [0.2, 0.25) is 0 Å². The first-order valence-electron chi connectivity index (χ1n) is 5.83. The average Bonchev–Trinajstić information content (AvgIpc) is 2.40. The van der Waals surface area contributed by atoms with E-state index in [-0.39, 0.29) is 4.90 Å². The summed E-state index contributed by atoms with van der Waals surface area (Å²) >= 11 is 0. The van der Waals surface area contributed by atoms with Gasteiger partial charge in [0.1, 0.15) is 0 Å². The quantitative estimate of drug-likeness (QED) is 0.931. The maximum absolute atomic E-state index is 12.2. The third-order valence-corrected chi connectivity index (χ3v) is 4.12. The van der Waals surface area contributed by atoms with Gasteiger partial charge in [-0.3, -0.25) is 4.72 Å². The molecule has 0 atom stereocenters. The minimum atomic E-state index is -3.57. The summed E-state index contributed by atoms with van der Waals surface area (Å²) in [4.78, 5) is 0.232. The molecule has 0 saturated carbocycles. The smallest absolute Gasteiger partial charge is 0.261 e. The van der Waals surface area contributed by atoms with E-state index in [4.69, 9.17) is 0 Å². The number of aryl methyl sites for hydroxylation is 1. The second-order valence-electron chi connectivity index (χ2n) is 4.26. The van der Waals surface area contributed by atoms with Gasteiger partial charge in [0.15, 0.2) is 0 Å². The highest BCUT2D eigenvalue weighted by Gasteiger charge is 2.14. The number of nitrogens with one attached hydrogen (secondary N) is 1. The molecule has 0 radical (unpaired) electrons. The molecule has 2 rings (SSSR count). The molecule has 19 heavy (non-hydrogen) atoms. The lowest BCUT2D eigenvalue weighted by molar-refractivity contribution is 0.591.